The van der Waals surface area contributed by atoms with Crippen molar-refractivity contribution in [3.05, 3.63) is 41.6 Å². The second kappa shape index (κ2) is 13.6. The first-order valence-corrected chi connectivity index (χ1v) is 11.1. The quantitative estimate of drug-likeness (QED) is 0.604. The van der Waals surface area contributed by atoms with Crippen LogP contribution in [0.4, 0.5) is 0 Å². The van der Waals surface area contributed by atoms with E-state index >= 15 is 0 Å². The van der Waals surface area contributed by atoms with Gasteiger partial charge in [-0.25, -0.2) is 0 Å². The number of hydrogen-bond donors (Lipinski definition) is 4. The molecule has 0 spiro atoms. The van der Waals surface area contributed by atoms with Crippen molar-refractivity contribution in [1.29, 1.82) is 0 Å². The van der Waals surface area contributed by atoms with Crippen LogP contribution >= 0.6 is 0 Å². The highest BCUT2D eigenvalue weighted by molar-refractivity contribution is 5.88. The summed E-state index contributed by atoms with van der Waals surface area (Å²) < 4.78 is 5.96. The molecule has 0 radical (unpaired) electrons. The third-order valence-electron chi connectivity index (χ3n) is 4.90. The van der Waals surface area contributed by atoms with Crippen molar-refractivity contribution < 1.29 is 14.3 Å². The highest BCUT2D eigenvalue weighted by Gasteiger charge is 2.19. The summed E-state index contributed by atoms with van der Waals surface area (Å²) in [6, 6.07) is 7.53. The van der Waals surface area contributed by atoms with E-state index in [4.69, 9.17) is 4.74 Å². The Morgan fingerprint density at radius 2 is 1.93 bits per heavy atom. The third kappa shape index (κ3) is 8.45. The molecule has 0 fully saturated rings. The standard InChI is InChI=1S/C23H36N4O3/c1-3-8-19-16-24-14-15-30-21-12-6-5-10-18(21)11-7-13-25-23(29)20(9-4-2)27-22(28)17-26-19/h5-6,8,10,12,20,24,26H,3-4,7,9,11,13-17H2,1-2H3,(H,25,29)(H,27,28)/b19-8+. The number of para-hydroxylation sites is 1. The summed E-state index contributed by atoms with van der Waals surface area (Å²) in [6.07, 6.45) is 6.00. The average molecular weight is 417 g/mol. The van der Waals surface area contributed by atoms with Crippen molar-refractivity contribution in [2.24, 2.45) is 0 Å². The summed E-state index contributed by atoms with van der Waals surface area (Å²) in [5.41, 5.74) is 2.10. The van der Waals surface area contributed by atoms with Crippen LogP contribution in [-0.2, 0) is 16.0 Å². The van der Waals surface area contributed by atoms with Crippen LogP contribution in [0, 0.1) is 0 Å². The normalized spacial score (nSPS) is 21.3. The van der Waals surface area contributed by atoms with Gasteiger partial charge < -0.3 is 26.0 Å². The predicted molar refractivity (Wildman–Crippen MR) is 119 cm³/mol. The Hall–Kier alpha value is -2.54. The molecule has 30 heavy (non-hydrogen) atoms. The third-order valence-corrected chi connectivity index (χ3v) is 4.90. The van der Waals surface area contributed by atoms with E-state index in [9.17, 15) is 9.59 Å². The Morgan fingerprint density at radius 1 is 1.10 bits per heavy atom. The first kappa shape index (κ1) is 23.7. The Morgan fingerprint density at radius 3 is 2.73 bits per heavy atom. The maximum absolute atomic E-state index is 12.6. The number of hydrogen-bond acceptors (Lipinski definition) is 5. The van der Waals surface area contributed by atoms with E-state index in [-0.39, 0.29) is 18.4 Å². The number of carbonyl (C=O) groups excluding carboxylic acids is 2. The van der Waals surface area contributed by atoms with Crippen LogP contribution in [0.1, 0.15) is 45.1 Å². The lowest BCUT2D eigenvalue weighted by atomic mass is 10.1. The van der Waals surface area contributed by atoms with Gasteiger partial charge in [-0.15, -0.1) is 0 Å². The monoisotopic (exact) mass is 416 g/mol. The van der Waals surface area contributed by atoms with Gasteiger partial charge in [-0.3, -0.25) is 9.59 Å². The van der Waals surface area contributed by atoms with Gasteiger partial charge in [-0.2, -0.15) is 0 Å². The van der Waals surface area contributed by atoms with Crippen LogP contribution in [0.3, 0.4) is 0 Å². The Bertz CT molecular complexity index is 705. The van der Waals surface area contributed by atoms with Crippen LogP contribution < -0.4 is 26.0 Å². The first-order valence-electron chi connectivity index (χ1n) is 11.1. The predicted octanol–water partition coefficient (Wildman–Crippen LogP) is 1.89. The number of amides is 2. The van der Waals surface area contributed by atoms with Gasteiger partial charge in [-0.1, -0.05) is 44.5 Å². The molecule has 0 aromatic heterocycles. The topological polar surface area (TPSA) is 91.5 Å². The minimum atomic E-state index is -0.504. The van der Waals surface area contributed by atoms with Crippen molar-refractivity contribution in [3.8, 4) is 5.75 Å². The fourth-order valence-electron chi connectivity index (χ4n) is 3.37. The zero-order valence-corrected chi connectivity index (χ0v) is 18.3. The van der Waals surface area contributed by atoms with Gasteiger partial charge in [0.05, 0.1) is 6.54 Å². The molecule has 166 valence electrons. The lowest BCUT2D eigenvalue weighted by Crippen LogP contribution is -2.49. The number of aryl methyl sites for hydroxylation is 1. The molecule has 0 aliphatic carbocycles. The van der Waals surface area contributed by atoms with Crippen LogP contribution in [0.5, 0.6) is 5.75 Å². The minimum Gasteiger partial charge on any atom is -0.492 e. The molecule has 1 aromatic carbocycles. The van der Waals surface area contributed by atoms with Gasteiger partial charge in [0.15, 0.2) is 0 Å². The van der Waals surface area contributed by atoms with Crippen LogP contribution in [0.25, 0.3) is 0 Å². The fourth-order valence-corrected chi connectivity index (χ4v) is 3.37. The van der Waals surface area contributed by atoms with Crippen molar-refractivity contribution in [2.45, 2.75) is 52.0 Å². The van der Waals surface area contributed by atoms with Crippen molar-refractivity contribution >= 4 is 11.8 Å². The highest BCUT2D eigenvalue weighted by atomic mass is 16.5. The van der Waals surface area contributed by atoms with Gasteiger partial charge in [0.2, 0.25) is 11.8 Å². The summed E-state index contributed by atoms with van der Waals surface area (Å²) in [6.45, 7) is 6.67. The van der Waals surface area contributed by atoms with Gasteiger partial charge >= 0.3 is 0 Å². The van der Waals surface area contributed by atoms with E-state index in [0.29, 0.717) is 32.7 Å². The molecule has 0 bridgehead atoms. The van der Waals surface area contributed by atoms with E-state index in [0.717, 1.165) is 42.7 Å². The lowest BCUT2D eigenvalue weighted by molar-refractivity contribution is -0.128. The number of ether oxygens (including phenoxy) is 1. The summed E-state index contributed by atoms with van der Waals surface area (Å²) >= 11 is 0. The second-order valence-electron chi connectivity index (χ2n) is 7.43. The largest absolute Gasteiger partial charge is 0.492 e. The van der Waals surface area contributed by atoms with E-state index in [1.807, 2.05) is 25.1 Å². The Balaban J connectivity index is 2.07. The lowest BCUT2D eigenvalue weighted by Gasteiger charge is -2.19. The Kier molecular flexibility index (Phi) is 10.8. The van der Waals surface area contributed by atoms with E-state index in [1.165, 1.54) is 0 Å². The summed E-state index contributed by atoms with van der Waals surface area (Å²) in [5.74, 6) is 0.594. The minimum absolute atomic E-state index is 0.123. The number of benzene rings is 1. The van der Waals surface area contributed by atoms with Gasteiger partial charge in [0.25, 0.3) is 0 Å². The molecule has 1 aliphatic heterocycles. The zero-order chi connectivity index (χ0) is 21.6. The van der Waals surface area contributed by atoms with Crippen molar-refractivity contribution in [3.63, 3.8) is 0 Å². The number of carbonyl (C=O) groups is 2. The second-order valence-corrected chi connectivity index (χ2v) is 7.43. The molecule has 2 amide bonds. The number of rotatable bonds is 3. The highest BCUT2D eigenvalue weighted by Crippen LogP contribution is 2.19. The molecule has 4 N–H and O–H groups in total. The Labute approximate surface area is 180 Å². The summed E-state index contributed by atoms with van der Waals surface area (Å²) in [7, 11) is 0. The molecule has 0 saturated carbocycles. The zero-order valence-electron chi connectivity index (χ0n) is 18.3. The molecular formula is C23H36N4O3. The molecule has 2 rings (SSSR count). The van der Waals surface area contributed by atoms with Crippen molar-refractivity contribution in [1.82, 2.24) is 21.3 Å². The van der Waals surface area contributed by atoms with Crippen LogP contribution in [0.2, 0.25) is 0 Å². The van der Waals surface area contributed by atoms with Crippen LogP contribution in [0.15, 0.2) is 36.0 Å². The van der Waals surface area contributed by atoms with Crippen molar-refractivity contribution in [2.75, 3.05) is 32.8 Å². The summed E-state index contributed by atoms with van der Waals surface area (Å²) in [5, 5.41) is 12.4. The number of allylic oxidation sites excluding steroid dienone is 1. The van der Waals surface area contributed by atoms with Crippen LogP contribution in [-0.4, -0.2) is 50.6 Å². The molecule has 0 saturated heterocycles. The van der Waals surface area contributed by atoms with E-state index in [2.05, 4.69) is 40.3 Å². The fraction of sp³-hybridized carbons (Fsp3) is 0.565. The number of nitrogens with one attached hydrogen (secondary N) is 4. The summed E-state index contributed by atoms with van der Waals surface area (Å²) in [4.78, 5) is 24.9. The molecule has 1 unspecified atom stereocenters. The first-order chi connectivity index (χ1) is 14.6. The van der Waals surface area contributed by atoms with E-state index < -0.39 is 6.04 Å². The van der Waals surface area contributed by atoms with Gasteiger partial charge in [0.1, 0.15) is 18.4 Å². The smallest absolute Gasteiger partial charge is 0.242 e. The SMILES string of the molecule is CC/C=C1\CNCCOc2ccccc2CCCNC(=O)C(CCC)NC(=O)CN1. The molecule has 1 aromatic rings. The molecule has 1 atom stereocenters. The molecule has 7 heteroatoms. The molecule has 1 heterocycles. The maximum Gasteiger partial charge on any atom is 0.242 e. The number of fused-ring (bicyclic) bond motifs is 1. The van der Waals surface area contributed by atoms with E-state index in [1.54, 1.807) is 0 Å². The molecule has 7 nitrogen and oxygen atoms in total. The maximum atomic E-state index is 12.6. The van der Waals surface area contributed by atoms with Gasteiger partial charge in [0, 0.05) is 25.3 Å². The molecular weight excluding hydrogens is 380 g/mol. The van der Waals surface area contributed by atoms with Gasteiger partial charge in [-0.05, 0) is 37.3 Å². The average Bonchev–Trinajstić information content (AvgIpc) is 2.74. The molecule has 1 aliphatic rings.